The van der Waals surface area contributed by atoms with Crippen molar-refractivity contribution in [3.05, 3.63) is 12.7 Å². The van der Waals surface area contributed by atoms with Crippen molar-refractivity contribution >= 4 is 0 Å². The predicted octanol–water partition coefficient (Wildman–Crippen LogP) is 0.545. The molecule has 0 radical (unpaired) electrons. The number of likely N-dealkylation sites (N-methyl/N-ethyl adjacent to an activating group) is 1. The van der Waals surface area contributed by atoms with E-state index in [4.69, 9.17) is 0 Å². The summed E-state index contributed by atoms with van der Waals surface area (Å²) in [6.45, 7) is 2.34. The van der Waals surface area contributed by atoms with Crippen molar-refractivity contribution in [1.82, 2.24) is 19.7 Å². The third-order valence-electron chi connectivity index (χ3n) is 2.46. The minimum Gasteiger partial charge on any atom is -0.316 e. The number of hydrogen-bond donors (Lipinski definition) is 0. The minimum atomic E-state index is 0.582. The molecule has 1 aliphatic rings. The van der Waals surface area contributed by atoms with Crippen molar-refractivity contribution in [3.8, 4) is 0 Å². The highest BCUT2D eigenvalue weighted by molar-refractivity contribution is 4.78. The van der Waals surface area contributed by atoms with E-state index < -0.39 is 0 Å². The Morgan fingerprint density at radius 1 is 1.33 bits per heavy atom. The lowest BCUT2D eigenvalue weighted by molar-refractivity contribution is 0.212. The van der Waals surface area contributed by atoms with Crippen molar-refractivity contribution in [1.29, 1.82) is 0 Å². The number of hydrogen-bond acceptors (Lipinski definition) is 3. The molecule has 0 N–H and O–H groups in total. The van der Waals surface area contributed by atoms with E-state index in [1.54, 1.807) is 0 Å². The molecule has 0 saturated carbocycles. The minimum absolute atomic E-state index is 0.582. The molecule has 1 fully saturated rings. The van der Waals surface area contributed by atoms with Gasteiger partial charge >= 0.3 is 0 Å². The summed E-state index contributed by atoms with van der Waals surface area (Å²) in [4.78, 5) is 2.36. The lowest BCUT2D eigenvalue weighted by Gasteiger charge is -2.29. The number of aromatic nitrogens is 3. The van der Waals surface area contributed by atoms with Gasteiger partial charge in [0.25, 0.3) is 0 Å². The molecular formula is C8H14N4. The number of likely N-dealkylation sites (tertiary alicyclic amines) is 1. The molecule has 4 nitrogen and oxygen atoms in total. The van der Waals surface area contributed by atoms with Crippen LogP contribution in [0.2, 0.25) is 0 Å². The zero-order valence-electron chi connectivity index (χ0n) is 7.35. The fourth-order valence-corrected chi connectivity index (χ4v) is 1.78. The van der Waals surface area contributed by atoms with Crippen LogP contribution in [0.3, 0.4) is 0 Å². The fourth-order valence-electron chi connectivity index (χ4n) is 1.78. The van der Waals surface area contributed by atoms with Crippen LogP contribution in [0.15, 0.2) is 12.7 Å². The number of rotatable bonds is 1. The van der Waals surface area contributed by atoms with Gasteiger partial charge in [-0.2, -0.15) is 0 Å². The van der Waals surface area contributed by atoms with E-state index >= 15 is 0 Å². The largest absolute Gasteiger partial charge is 0.316 e. The second kappa shape index (κ2) is 3.23. The van der Waals surface area contributed by atoms with Crippen molar-refractivity contribution in [2.24, 2.45) is 0 Å². The summed E-state index contributed by atoms with van der Waals surface area (Å²) in [7, 11) is 2.16. The van der Waals surface area contributed by atoms with Gasteiger partial charge < -0.3 is 9.47 Å². The van der Waals surface area contributed by atoms with Crippen LogP contribution in [0.4, 0.5) is 0 Å². The Labute approximate surface area is 72.2 Å². The molecule has 12 heavy (non-hydrogen) atoms. The van der Waals surface area contributed by atoms with Crippen LogP contribution >= 0.6 is 0 Å². The molecule has 1 aromatic rings. The fraction of sp³-hybridized carbons (Fsp3) is 0.750. The van der Waals surface area contributed by atoms with Gasteiger partial charge in [-0.15, -0.1) is 10.2 Å². The van der Waals surface area contributed by atoms with E-state index in [-0.39, 0.29) is 0 Å². The summed E-state index contributed by atoms with van der Waals surface area (Å²) >= 11 is 0. The van der Waals surface area contributed by atoms with Crippen LogP contribution in [0, 0.1) is 0 Å². The third kappa shape index (κ3) is 1.48. The Morgan fingerprint density at radius 2 is 2.08 bits per heavy atom. The Kier molecular flexibility index (Phi) is 2.08. The molecule has 4 heteroatoms. The maximum absolute atomic E-state index is 3.82. The Bertz CT molecular complexity index is 231. The monoisotopic (exact) mass is 166 g/mol. The summed E-state index contributed by atoms with van der Waals surface area (Å²) in [5.41, 5.74) is 0. The number of nitrogens with zero attached hydrogens (tertiary/aromatic N) is 4. The van der Waals surface area contributed by atoms with Crippen LogP contribution in [0.1, 0.15) is 18.9 Å². The average molecular weight is 166 g/mol. The second-order valence-electron chi connectivity index (χ2n) is 3.47. The van der Waals surface area contributed by atoms with Crippen LogP contribution in [-0.4, -0.2) is 39.8 Å². The molecule has 1 saturated heterocycles. The second-order valence-corrected chi connectivity index (χ2v) is 3.47. The Hall–Kier alpha value is -0.900. The quantitative estimate of drug-likeness (QED) is 0.610. The molecular weight excluding hydrogens is 152 g/mol. The molecule has 1 atom stereocenters. The molecule has 0 unspecified atom stereocenters. The zero-order valence-corrected chi connectivity index (χ0v) is 7.35. The summed E-state index contributed by atoms with van der Waals surface area (Å²) < 4.78 is 2.11. The van der Waals surface area contributed by atoms with Crippen molar-refractivity contribution in [2.75, 3.05) is 20.1 Å². The van der Waals surface area contributed by atoms with Crippen molar-refractivity contribution in [2.45, 2.75) is 18.9 Å². The summed E-state index contributed by atoms with van der Waals surface area (Å²) in [5, 5.41) is 7.63. The van der Waals surface area contributed by atoms with Gasteiger partial charge in [-0.25, -0.2) is 0 Å². The van der Waals surface area contributed by atoms with Gasteiger partial charge in [0, 0.05) is 12.6 Å². The van der Waals surface area contributed by atoms with Gasteiger partial charge in [0.2, 0.25) is 0 Å². The Morgan fingerprint density at radius 3 is 2.75 bits per heavy atom. The normalized spacial score (nSPS) is 25.9. The van der Waals surface area contributed by atoms with E-state index in [2.05, 4.69) is 26.7 Å². The first kappa shape index (κ1) is 7.73. The molecule has 0 aliphatic carbocycles. The van der Waals surface area contributed by atoms with Crippen LogP contribution in [0.5, 0.6) is 0 Å². The van der Waals surface area contributed by atoms with Crippen LogP contribution in [0.25, 0.3) is 0 Å². The van der Waals surface area contributed by atoms with Gasteiger partial charge in [-0.3, -0.25) is 0 Å². The van der Waals surface area contributed by atoms with Crippen molar-refractivity contribution in [3.63, 3.8) is 0 Å². The lowest BCUT2D eigenvalue weighted by atomic mass is 10.1. The van der Waals surface area contributed by atoms with Gasteiger partial charge in [0.05, 0.1) is 0 Å². The molecule has 0 bridgehead atoms. The highest BCUT2D eigenvalue weighted by Crippen LogP contribution is 2.18. The molecule has 2 heterocycles. The molecule has 66 valence electrons. The number of piperidine rings is 1. The highest BCUT2D eigenvalue weighted by Gasteiger charge is 2.17. The summed E-state index contributed by atoms with van der Waals surface area (Å²) in [6, 6.07) is 0.582. The van der Waals surface area contributed by atoms with Gasteiger partial charge in [0.1, 0.15) is 12.7 Å². The van der Waals surface area contributed by atoms with E-state index in [9.17, 15) is 0 Å². The van der Waals surface area contributed by atoms with E-state index in [0.29, 0.717) is 6.04 Å². The summed E-state index contributed by atoms with van der Waals surface area (Å²) in [6.07, 6.45) is 6.15. The SMILES string of the molecule is CN1CCC[C@@H](n2cnnc2)C1. The average Bonchev–Trinajstić information content (AvgIpc) is 2.56. The molecule has 0 amide bonds. The zero-order chi connectivity index (χ0) is 8.39. The predicted molar refractivity (Wildman–Crippen MR) is 45.8 cm³/mol. The van der Waals surface area contributed by atoms with Gasteiger partial charge in [-0.05, 0) is 26.4 Å². The highest BCUT2D eigenvalue weighted by atomic mass is 15.3. The van der Waals surface area contributed by atoms with Crippen LogP contribution in [-0.2, 0) is 0 Å². The lowest BCUT2D eigenvalue weighted by Crippen LogP contribution is -2.33. The van der Waals surface area contributed by atoms with E-state index in [1.165, 1.54) is 19.4 Å². The van der Waals surface area contributed by atoms with E-state index in [0.717, 1.165) is 6.54 Å². The third-order valence-corrected chi connectivity index (χ3v) is 2.46. The molecule has 1 aromatic heterocycles. The van der Waals surface area contributed by atoms with Gasteiger partial charge in [0.15, 0.2) is 0 Å². The maximum atomic E-state index is 3.82. The molecule has 1 aliphatic heterocycles. The maximum Gasteiger partial charge on any atom is 0.119 e. The van der Waals surface area contributed by atoms with E-state index in [1.807, 2.05) is 12.7 Å². The molecule has 0 spiro atoms. The van der Waals surface area contributed by atoms with Crippen molar-refractivity contribution < 1.29 is 0 Å². The first-order chi connectivity index (χ1) is 5.86. The molecule has 0 aromatic carbocycles. The first-order valence-corrected chi connectivity index (χ1v) is 4.39. The topological polar surface area (TPSA) is 34.0 Å². The first-order valence-electron chi connectivity index (χ1n) is 4.39. The Balaban J connectivity index is 2.04. The molecule has 2 rings (SSSR count). The van der Waals surface area contributed by atoms with Gasteiger partial charge in [-0.1, -0.05) is 0 Å². The standard InChI is InChI=1S/C8H14N4/c1-11-4-2-3-8(5-11)12-6-9-10-7-12/h6-8H,2-5H2,1H3/t8-/m1/s1. The smallest absolute Gasteiger partial charge is 0.119 e. The summed E-state index contributed by atoms with van der Waals surface area (Å²) in [5.74, 6) is 0. The van der Waals surface area contributed by atoms with Crippen LogP contribution < -0.4 is 0 Å².